The van der Waals surface area contributed by atoms with Crippen molar-refractivity contribution in [3.8, 4) is 0 Å². The fraction of sp³-hybridized carbons (Fsp3) is 0.0455. The summed E-state index contributed by atoms with van der Waals surface area (Å²) < 4.78 is 33.0. The Morgan fingerprint density at radius 2 is 1.26 bits per heavy atom. The summed E-state index contributed by atoms with van der Waals surface area (Å²) in [4.78, 5) is 1.14. The molecule has 0 N–H and O–H groups in total. The molecule has 0 unspecified atom stereocenters. The number of benzene rings is 3. The van der Waals surface area contributed by atoms with Crippen molar-refractivity contribution in [2.45, 2.75) is 6.92 Å². The molecule has 3 aromatic carbocycles. The second kappa shape index (κ2) is 6.84. The molecule has 134 valence electrons. The van der Waals surface area contributed by atoms with Gasteiger partial charge in [-0.1, -0.05) is 54.6 Å². The van der Waals surface area contributed by atoms with Crippen molar-refractivity contribution in [1.82, 2.24) is 0 Å². The molecule has 0 fully saturated rings. The first-order valence-electron chi connectivity index (χ1n) is 8.91. The van der Waals surface area contributed by atoms with Gasteiger partial charge in [-0.05, 0) is 36.9 Å². The van der Waals surface area contributed by atoms with Crippen molar-refractivity contribution < 1.29 is 13.1 Å². The summed E-state index contributed by atoms with van der Waals surface area (Å²) in [6.07, 6.45) is 1.83. The smallest absolute Gasteiger partial charge is 0.394 e. The predicted octanol–water partition coefficient (Wildman–Crippen LogP) is 5.62. The van der Waals surface area contributed by atoms with Gasteiger partial charge < -0.3 is 17.9 Å². The van der Waals surface area contributed by atoms with Crippen LogP contribution < -0.4 is 4.81 Å². The molecule has 1 heterocycles. The molecule has 27 heavy (non-hydrogen) atoms. The van der Waals surface area contributed by atoms with Crippen LogP contribution in [0.1, 0.15) is 12.5 Å². The van der Waals surface area contributed by atoms with E-state index in [2.05, 4.69) is 0 Å². The normalized spacial score (nSPS) is 16.3. The highest BCUT2D eigenvalue weighted by Crippen LogP contribution is 2.35. The molecule has 3 aromatic rings. The predicted molar refractivity (Wildman–Crippen MR) is 108 cm³/mol. The highest BCUT2D eigenvalue weighted by molar-refractivity contribution is 6.65. The van der Waals surface area contributed by atoms with E-state index in [0.29, 0.717) is 22.8 Å². The average Bonchev–Trinajstić information content (AvgIpc) is 2.69. The highest BCUT2D eigenvalue weighted by atomic mass is 19.2. The van der Waals surface area contributed by atoms with Gasteiger partial charge in [0.2, 0.25) is 0 Å². The first kappa shape index (κ1) is 17.2. The van der Waals surface area contributed by atoms with Crippen molar-refractivity contribution in [2.24, 2.45) is 0 Å². The SMILES string of the molecule is CC1=CC(c2ccccc2)=[N+](c2ccccc2)[B-](F)(F)N1c1ccccc1. The second-order valence-electron chi connectivity index (χ2n) is 6.54. The molecule has 4 rings (SSSR count). The van der Waals surface area contributed by atoms with Crippen molar-refractivity contribution in [3.05, 3.63) is 108 Å². The number of nitrogens with zero attached hydrogens (tertiary/aromatic N) is 2. The maximum Gasteiger partial charge on any atom is 0.737 e. The molecule has 0 amide bonds. The molecule has 0 spiro atoms. The number of anilines is 1. The first-order chi connectivity index (χ1) is 13.1. The van der Waals surface area contributed by atoms with E-state index >= 15 is 8.63 Å². The van der Waals surface area contributed by atoms with Gasteiger partial charge in [-0.2, -0.15) is 0 Å². The summed E-state index contributed by atoms with van der Waals surface area (Å²) in [5.41, 5.74) is 2.71. The third-order valence-corrected chi connectivity index (χ3v) is 4.74. The van der Waals surface area contributed by atoms with Crippen LogP contribution in [0.3, 0.4) is 0 Å². The Kier molecular flexibility index (Phi) is 4.36. The Labute approximate surface area is 157 Å². The van der Waals surface area contributed by atoms with Crippen LogP contribution in [0, 0.1) is 0 Å². The van der Waals surface area contributed by atoms with Gasteiger partial charge >= 0.3 is 6.97 Å². The summed E-state index contributed by atoms with van der Waals surface area (Å²) in [5.74, 6) is 0. The van der Waals surface area contributed by atoms with Crippen LogP contribution in [0.4, 0.5) is 20.0 Å². The molecule has 1 aliphatic rings. The zero-order valence-corrected chi connectivity index (χ0v) is 15.0. The number of hydrogen-bond acceptors (Lipinski definition) is 1. The van der Waals surface area contributed by atoms with Crippen LogP contribution in [0.2, 0.25) is 0 Å². The van der Waals surface area contributed by atoms with Crippen LogP contribution in [0.25, 0.3) is 0 Å². The fourth-order valence-electron chi connectivity index (χ4n) is 3.57. The lowest BCUT2D eigenvalue weighted by atomic mass is 9.84. The van der Waals surface area contributed by atoms with E-state index < -0.39 is 6.97 Å². The molecule has 0 aliphatic carbocycles. The van der Waals surface area contributed by atoms with Gasteiger partial charge in [-0.25, -0.2) is 0 Å². The molecular formula is C22H19BF2N2. The highest BCUT2D eigenvalue weighted by Gasteiger charge is 2.53. The van der Waals surface area contributed by atoms with E-state index in [0.717, 1.165) is 14.9 Å². The van der Waals surface area contributed by atoms with Crippen molar-refractivity contribution in [3.63, 3.8) is 0 Å². The van der Waals surface area contributed by atoms with Crippen LogP contribution >= 0.6 is 0 Å². The summed E-state index contributed by atoms with van der Waals surface area (Å²) in [7, 11) is 0. The lowest BCUT2D eigenvalue weighted by molar-refractivity contribution is -0.327. The number of rotatable bonds is 3. The minimum absolute atomic E-state index is 0.464. The molecule has 0 atom stereocenters. The summed E-state index contributed by atoms with van der Waals surface area (Å²) in [6.45, 7) is -2.35. The monoisotopic (exact) mass is 360 g/mol. The van der Waals surface area contributed by atoms with E-state index in [1.165, 1.54) is 0 Å². The van der Waals surface area contributed by atoms with Gasteiger partial charge in [0.05, 0.1) is 0 Å². The molecular weight excluding hydrogens is 341 g/mol. The molecule has 0 bridgehead atoms. The Hall–Kier alpha value is -3.21. The average molecular weight is 360 g/mol. The Morgan fingerprint density at radius 1 is 0.741 bits per heavy atom. The molecule has 1 aliphatic heterocycles. The number of para-hydroxylation sites is 2. The van der Waals surface area contributed by atoms with Crippen LogP contribution in [-0.4, -0.2) is 17.2 Å². The Balaban J connectivity index is 1.98. The third kappa shape index (κ3) is 3.06. The van der Waals surface area contributed by atoms with Crippen LogP contribution in [0.5, 0.6) is 0 Å². The summed E-state index contributed by atoms with van der Waals surface area (Å²) in [6, 6.07) is 27.0. The van der Waals surface area contributed by atoms with E-state index in [-0.39, 0.29) is 0 Å². The number of halogens is 2. The van der Waals surface area contributed by atoms with E-state index in [1.54, 1.807) is 55.5 Å². The van der Waals surface area contributed by atoms with Crippen molar-refractivity contribution in [1.29, 1.82) is 0 Å². The van der Waals surface area contributed by atoms with E-state index in [4.69, 9.17) is 0 Å². The van der Waals surface area contributed by atoms with Crippen LogP contribution in [0.15, 0.2) is 103 Å². The largest absolute Gasteiger partial charge is 0.737 e. The topological polar surface area (TPSA) is 6.25 Å². The lowest BCUT2D eigenvalue weighted by Crippen LogP contribution is -2.58. The molecule has 5 heteroatoms. The summed E-state index contributed by atoms with van der Waals surface area (Å²) >= 11 is 0. The van der Waals surface area contributed by atoms with Crippen molar-refractivity contribution in [2.75, 3.05) is 4.81 Å². The molecule has 0 saturated carbocycles. The van der Waals surface area contributed by atoms with Crippen molar-refractivity contribution >= 4 is 24.1 Å². The third-order valence-electron chi connectivity index (χ3n) is 4.74. The zero-order valence-electron chi connectivity index (χ0n) is 15.0. The minimum Gasteiger partial charge on any atom is -0.394 e. The van der Waals surface area contributed by atoms with E-state index in [9.17, 15) is 0 Å². The number of hydrogen-bond donors (Lipinski definition) is 0. The lowest BCUT2D eigenvalue weighted by Gasteiger charge is -2.40. The Bertz CT molecular complexity index is 1000. The molecule has 0 radical (unpaired) electrons. The Morgan fingerprint density at radius 3 is 1.85 bits per heavy atom. The maximum atomic E-state index is 15.9. The van der Waals surface area contributed by atoms with Gasteiger partial charge in [-0.3, -0.25) is 0 Å². The second-order valence-corrected chi connectivity index (χ2v) is 6.54. The van der Waals surface area contributed by atoms with Gasteiger partial charge in [-0.15, -0.1) is 0 Å². The van der Waals surface area contributed by atoms with Gasteiger partial charge in [0.1, 0.15) is 0 Å². The summed E-state index contributed by atoms with van der Waals surface area (Å²) in [5, 5.41) is 0. The molecule has 0 saturated heterocycles. The van der Waals surface area contributed by atoms with E-state index in [1.807, 2.05) is 48.5 Å². The van der Waals surface area contributed by atoms with Crippen LogP contribution in [-0.2, 0) is 0 Å². The quantitative estimate of drug-likeness (QED) is 0.550. The van der Waals surface area contributed by atoms with Gasteiger partial charge in [0, 0.05) is 29.5 Å². The fourth-order valence-corrected chi connectivity index (χ4v) is 3.57. The minimum atomic E-state index is -4.08. The molecule has 0 aromatic heterocycles. The van der Waals surface area contributed by atoms with Gasteiger partial charge in [0.15, 0.2) is 11.4 Å². The maximum absolute atomic E-state index is 15.9. The number of allylic oxidation sites excluding steroid dienone is 2. The zero-order chi connectivity index (χ0) is 18.9. The van der Waals surface area contributed by atoms with Gasteiger partial charge in [0.25, 0.3) is 0 Å². The first-order valence-corrected chi connectivity index (χ1v) is 8.91. The molecule has 2 nitrogen and oxygen atoms in total. The standard InChI is InChI=1S/C22H19BF2N2/c1-18-17-22(19-11-5-2-6-12-19)27(21-15-9-4-10-16-21)23(24,25)26(18)20-13-7-3-8-14-20/h2-17H,1H3.